The number of halogens is 1. The summed E-state index contributed by atoms with van der Waals surface area (Å²) in [4.78, 5) is 11.0. The van der Waals surface area contributed by atoms with E-state index in [9.17, 15) is 4.79 Å². The highest BCUT2D eigenvalue weighted by Gasteiger charge is 2.20. The molecule has 0 spiro atoms. The molecule has 19 heavy (non-hydrogen) atoms. The lowest BCUT2D eigenvalue weighted by Gasteiger charge is -2.13. The summed E-state index contributed by atoms with van der Waals surface area (Å²) in [6.07, 6.45) is 6.93. The number of carbonyl (C=O) groups is 1. The van der Waals surface area contributed by atoms with Crippen LogP contribution >= 0.6 is 11.6 Å². The SMILES string of the molecule is O=C(O)Cc1cn(C2CCCC2)c2ccc(Cl)cc12. The predicted octanol–water partition coefficient (Wildman–Crippen LogP) is 4.04. The van der Waals surface area contributed by atoms with Crippen molar-refractivity contribution in [2.24, 2.45) is 0 Å². The van der Waals surface area contributed by atoms with Crippen molar-refractivity contribution in [1.29, 1.82) is 0 Å². The predicted molar refractivity (Wildman–Crippen MR) is 75.8 cm³/mol. The van der Waals surface area contributed by atoms with Gasteiger partial charge in [0, 0.05) is 28.2 Å². The molecule has 1 saturated carbocycles. The molecular weight excluding hydrogens is 262 g/mol. The summed E-state index contributed by atoms with van der Waals surface area (Å²) in [6.45, 7) is 0. The fourth-order valence-electron chi connectivity index (χ4n) is 3.09. The zero-order valence-corrected chi connectivity index (χ0v) is 11.4. The Labute approximate surface area is 116 Å². The van der Waals surface area contributed by atoms with Crippen LogP contribution in [0.4, 0.5) is 0 Å². The van der Waals surface area contributed by atoms with Gasteiger partial charge in [-0.05, 0) is 36.6 Å². The fraction of sp³-hybridized carbons (Fsp3) is 0.400. The second-order valence-electron chi connectivity index (χ2n) is 5.23. The van der Waals surface area contributed by atoms with Gasteiger partial charge in [0.15, 0.2) is 0 Å². The van der Waals surface area contributed by atoms with E-state index in [-0.39, 0.29) is 6.42 Å². The Hall–Kier alpha value is -1.48. The molecule has 1 aliphatic carbocycles. The van der Waals surface area contributed by atoms with Crippen molar-refractivity contribution in [3.63, 3.8) is 0 Å². The van der Waals surface area contributed by atoms with E-state index in [1.165, 1.54) is 25.7 Å². The van der Waals surface area contributed by atoms with Crippen molar-refractivity contribution in [3.05, 3.63) is 35.0 Å². The third kappa shape index (κ3) is 2.35. The Morgan fingerprint density at radius 2 is 2.11 bits per heavy atom. The number of nitrogens with zero attached hydrogens (tertiary/aromatic N) is 1. The van der Waals surface area contributed by atoms with E-state index in [1.54, 1.807) is 0 Å². The standard InChI is InChI=1S/C15H16ClNO2/c16-11-5-6-14-13(8-11)10(7-15(18)19)9-17(14)12-3-1-2-4-12/h5-6,8-9,12H,1-4,7H2,(H,18,19). The van der Waals surface area contributed by atoms with Crippen LogP contribution in [0.5, 0.6) is 0 Å². The molecule has 1 fully saturated rings. The monoisotopic (exact) mass is 277 g/mol. The molecule has 0 amide bonds. The molecule has 0 saturated heterocycles. The van der Waals surface area contributed by atoms with Gasteiger partial charge >= 0.3 is 5.97 Å². The van der Waals surface area contributed by atoms with Gasteiger partial charge in [-0.15, -0.1) is 0 Å². The highest BCUT2D eigenvalue weighted by molar-refractivity contribution is 6.31. The van der Waals surface area contributed by atoms with Crippen LogP contribution < -0.4 is 0 Å². The van der Waals surface area contributed by atoms with Gasteiger partial charge in [-0.2, -0.15) is 0 Å². The molecule has 1 heterocycles. The van der Waals surface area contributed by atoms with Crippen molar-refractivity contribution in [1.82, 2.24) is 4.57 Å². The molecule has 100 valence electrons. The quantitative estimate of drug-likeness (QED) is 0.920. The summed E-state index contributed by atoms with van der Waals surface area (Å²) in [6, 6.07) is 6.26. The Kier molecular flexibility index (Phi) is 3.23. The highest BCUT2D eigenvalue weighted by Crippen LogP contribution is 2.35. The number of fused-ring (bicyclic) bond motifs is 1. The van der Waals surface area contributed by atoms with E-state index < -0.39 is 5.97 Å². The average Bonchev–Trinajstić information content (AvgIpc) is 2.96. The Balaban J connectivity index is 2.13. The molecule has 1 N–H and O–H groups in total. The molecule has 0 radical (unpaired) electrons. The molecule has 0 unspecified atom stereocenters. The number of carboxylic acids is 1. The van der Waals surface area contributed by atoms with E-state index in [4.69, 9.17) is 16.7 Å². The van der Waals surface area contributed by atoms with E-state index >= 15 is 0 Å². The smallest absolute Gasteiger partial charge is 0.307 e. The molecule has 1 aromatic carbocycles. The van der Waals surface area contributed by atoms with E-state index in [2.05, 4.69) is 4.57 Å². The first-order valence-corrected chi connectivity index (χ1v) is 7.03. The minimum absolute atomic E-state index is 0.0521. The molecule has 3 rings (SSSR count). The Morgan fingerprint density at radius 1 is 1.37 bits per heavy atom. The molecule has 0 atom stereocenters. The second kappa shape index (κ2) is 4.89. The summed E-state index contributed by atoms with van der Waals surface area (Å²) in [5.41, 5.74) is 1.96. The zero-order valence-electron chi connectivity index (χ0n) is 10.6. The van der Waals surface area contributed by atoms with Gasteiger partial charge in [-0.25, -0.2) is 0 Å². The van der Waals surface area contributed by atoms with Crippen molar-refractivity contribution in [2.45, 2.75) is 38.1 Å². The second-order valence-corrected chi connectivity index (χ2v) is 5.67. The molecule has 3 nitrogen and oxygen atoms in total. The maximum Gasteiger partial charge on any atom is 0.307 e. The van der Waals surface area contributed by atoms with Crippen LogP contribution in [0.1, 0.15) is 37.3 Å². The lowest BCUT2D eigenvalue weighted by atomic mass is 10.1. The van der Waals surface area contributed by atoms with Gasteiger partial charge in [-0.3, -0.25) is 4.79 Å². The minimum atomic E-state index is -0.801. The van der Waals surface area contributed by atoms with E-state index in [0.717, 1.165) is 16.5 Å². The molecule has 2 aromatic rings. The number of hydrogen-bond donors (Lipinski definition) is 1. The van der Waals surface area contributed by atoms with Crippen molar-refractivity contribution in [2.75, 3.05) is 0 Å². The number of rotatable bonds is 3. The molecule has 0 aliphatic heterocycles. The fourth-order valence-corrected chi connectivity index (χ4v) is 3.26. The van der Waals surface area contributed by atoms with Crippen LogP contribution in [0.3, 0.4) is 0 Å². The van der Waals surface area contributed by atoms with Gasteiger partial charge in [0.25, 0.3) is 0 Å². The van der Waals surface area contributed by atoms with E-state index in [0.29, 0.717) is 11.1 Å². The third-order valence-corrected chi connectivity index (χ3v) is 4.17. The topological polar surface area (TPSA) is 42.2 Å². The van der Waals surface area contributed by atoms with Gasteiger partial charge < -0.3 is 9.67 Å². The number of carboxylic acid groups (broad SMARTS) is 1. The molecule has 1 aliphatic rings. The number of aromatic nitrogens is 1. The van der Waals surface area contributed by atoms with Crippen LogP contribution in [0, 0.1) is 0 Å². The Bertz CT molecular complexity index is 626. The van der Waals surface area contributed by atoms with Gasteiger partial charge in [0.2, 0.25) is 0 Å². The van der Waals surface area contributed by atoms with Crippen LogP contribution in [-0.2, 0) is 11.2 Å². The Morgan fingerprint density at radius 3 is 2.79 bits per heavy atom. The van der Waals surface area contributed by atoms with Crippen LogP contribution in [0.2, 0.25) is 5.02 Å². The van der Waals surface area contributed by atoms with Crippen LogP contribution in [-0.4, -0.2) is 15.6 Å². The van der Waals surface area contributed by atoms with Crippen LogP contribution in [0.15, 0.2) is 24.4 Å². The van der Waals surface area contributed by atoms with Crippen molar-refractivity contribution >= 4 is 28.5 Å². The largest absolute Gasteiger partial charge is 0.481 e. The minimum Gasteiger partial charge on any atom is -0.481 e. The molecular formula is C15H16ClNO2. The first-order chi connectivity index (χ1) is 9.15. The van der Waals surface area contributed by atoms with Crippen molar-refractivity contribution in [3.8, 4) is 0 Å². The number of benzene rings is 1. The van der Waals surface area contributed by atoms with Gasteiger partial charge in [0.1, 0.15) is 0 Å². The molecule has 4 heteroatoms. The average molecular weight is 278 g/mol. The third-order valence-electron chi connectivity index (χ3n) is 3.94. The van der Waals surface area contributed by atoms with Gasteiger partial charge in [-0.1, -0.05) is 24.4 Å². The lowest BCUT2D eigenvalue weighted by Crippen LogP contribution is -2.03. The summed E-state index contributed by atoms with van der Waals surface area (Å²) in [7, 11) is 0. The molecule has 1 aromatic heterocycles. The molecule has 0 bridgehead atoms. The highest BCUT2D eigenvalue weighted by atomic mass is 35.5. The first-order valence-electron chi connectivity index (χ1n) is 6.66. The number of aliphatic carboxylic acids is 1. The summed E-state index contributed by atoms with van der Waals surface area (Å²) >= 11 is 6.04. The summed E-state index contributed by atoms with van der Waals surface area (Å²) in [5, 5.41) is 10.7. The van der Waals surface area contributed by atoms with E-state index in [1.807, 2.05) is 24.4 Å². The maximum atomic E-state index is 11.0. The lowest BCUT2D eigenvalue weighted by molar-refractivity contribution is -0.136. The first kappa shape index (κ1) is 12.5. The van der Waals surface area contributed by atoms with Crippen LogP contribution in [0.25, 0.3) is 10.9 Å². The van der Waals surface area contributed by atoms with Gasteiger partial charge in [0.05, 0.1) is 6.42 Å². The maximum absolute atomic E-state index is 11.0. The number of hydrogen-bond acceptors (Lipinski definition) is 1. The van der Waals surface area contributed by atoms with Crippen molar-refractivity contribution < 1.29 is 9.90 Å². The normalized spacial score (nSPS) is 16.3. The summed E-state index contributed by atoms with van der Waals surface area (Å²) < 4.78 is 2.25. The zero-order chi connectivity index (χ0) is 13.4. The summed E-state index contributed by atoms with van der Waals surface area (Å²) in [5.74, 6) is -0.801.